The van der Waals surface area contributed by atoms with E-state index in [1.165, 1.54) is 10.4 Å². The summed E-state index contributed by atoms with van der Waals surface area (Å²) in [6.45, 7) is 1.39. The third-order valence-electron chi connectivity index (χ3n) is 3.07. The van der Waals surface area contributed by atoms with Crippen molar-refractivity contribution in [3.63, 3.8) is 0 Å². The Bertz CT molecular complexity index is 569. The molecule has 108 valence electrons. The number of nitrogens with two attached hydrogens (primary N) is 1. The molecule has 1 heterocycles. The summed E-state index contributed by atoms with van der Waals surface area (Å²) in [5.74, 6) is 0. The maximum atomic E-state index is 6.03. The molecule has 0 aliphatic carbocycles. The number of hydrogen-bond donors (Lipinski definition) is 1. The summed E-state index contributed by atoms with van der Waals surface area (Å²) < 4.78 is 2.18. The highest BCUT2D eigenvalue weighted by Crippen LogP contribution is 2.37. The van der Waals surface area contributed by atoms with Crippen LogP contribution in [-0.4, -0.2) is 18.5 Å². The second kappa shape index (κ2) is 7.38. The number of rotatable bonds is 5. The molecule has 2 N–H and O–H groups in total. The third-order valence-corrected chi connectivity index (χ3v) is 6.66. The van der Waals surface area contributed by atoms with Gasteiger partial charge in [0.05, 0.1) is 9.83 Å². The van der Waals surface area contributed by atoms with Crippen molar-refractivity contribution in [3.8, 4) is 0 Å². The molecule has 1 aromatic carbocycles. The molecular weight excluding hydrogens is 423 g/mol. The van der Waals surface area contributed by atoms with Crippen molar-refractivity contribution < 1.29 is 0 Å². The second-order valence-corrected chi connectivity index (χ2v) is 8.26. The normalized spacial score (nSPS) is 12.9. The van der Waals surface area contributed by atoms with Crippen molar-refractivity contribution in [2.45, 2.75) is 12.6 Å². The predicted octanol–water partition coefficient (Wildman–Crippen LogP) is 5.06. The number of nitrogens with zero attached hydrogens (tertiary/aromatic N) is 1. The summed E-state index contributed by atoms with van der Waals surface area (Å²) in [4.78, 5) is 3.49. The van der Waals surface area contributed by atoms with Gasteiger partial charge in [-0.2, -0.15) is 0 Å². The Balaban J connectivity index is 2.15. The van der Waals surface area contributed by atoms with Gasteiger partial charge in [0.25, 0.3) is 0 Å². The molecule has 0 spiro atoms. The van der Waals surface area contributed by atoms with Crippen LogP contribution in [0.25, 0.3) is 0 Å². The van der Waals surface area contributed by atoms with Gasteiger partial charge in [-0.3, -0.25) is 4.90 Å². The van der Waals surface area contributed by atoms with Gasteiger partial charge in [-0.05, 0) is 62.7 Å². The first-order valence-electron chi connectivity index (χ1n) is 6.10. The minimum Gasteiger partial charge on any atom is -0.329 e. The van der Waals surface area contributed by atoms with Gasteiger partial charge in [-0.25, -0.2) is 0 Å². The first-order chi connectivity index (χ1) is 9.51. The molecule has 0 aliphatic rings. The molecule has 2 rings (SSSR count). The van der Waals surface area contributed by atoms with E-state index in [0.29, 0.717) is 6.54 Å². The molecule has 2 aromatic rings. The largest absolute Gasteiger partial charge is 0.329 e. The number of benzene rings is 1. The second-order valence-electron chi connectivity index (χ2n) is 4.57. The topological polar surface area (TPSA) is 29.3 Å². The fourth-order valence-electron chi connectivity index (χ4n) is 2.07. The van der Waals surface area contributed by atoms with Crippen LogP contribution in [0.2, 0.25) is 5.02 Å². The highest BCUT2D eigenvalue weighted by molar-refractivity contribution is 9.13. The molecule has 0 radical (unpaired) electrons. The maximum absolute atomic E-state index is 6.03. The predicted molar refractivity (Wildman–Crippen MR) is 94.4 cm³/mol. The highest BCUT2D eigenvalue weighted by Gasteiger charge is 2.19. The quantitative estimate of drug-likeness (QED) is 0.707. The molecule has 0 fully saturated rings. The zero-order valence-corrected chi connectivity index (χ0v) is 15.7. The van der Waals surface area contributed by atoms with Crippen LogP contribution in [0, 0.1) is 0 Å². The van der Waals surface area contributed by atoms with E-state index in [1.807, 2.05) is 18.2 Å². The van der Waals surface area contributed by atoms with Gasteiger partial charge in [0.1, 0.15) is 0 Å². The Labute approximate surface area is 145 Å². The number of halogens is 3. The average Bonchev–Trinajstić information content (AvgIpc) is 2.70. The zero-order chi connectivity index (χ0) is 14.7. The molecular formula is C14H15Br2ClN2S. The van der Waals surface area contributed by atoms with Crippen LogP contribution in [0.1, 0.15) is 16.5 Å². The van der Waals surface area contributed by atoms with Crippen LogP contribution in [0.15, 0.2) is 38.6 Å². The van der Waals surface area contributed by atoms with E-state index >= 15 is 0 Å². The van der Waals surface area contributed by atoms with Crippen LogP contribution in [0.4, 0.5) is 0 Å². The van der Waals surface area contributed by atoms with Gasteiger partial charge >= 0.3 is 0 Å². The van der Waals surface area contributed by atoms with Crippen molar-refractivity contribution in [2.24, 2.45) is 5.73 Å². The Morgan fingerprint density at radius 3 is 2.65 bits per heavy atom. The van der Waals surface area contributed by atoms with Crippen LogP contribution >= 0.6 is 54.8 Å². The Hall–Kier alpha value is 0.0900. The standard InChI is InChI=1S/C14H15Br2ClN2S/c1-19(8-9-3-2-4-10(17)5-9)12(7-18)13-6-11(15)14(16)20-13/h2-6,12H,7-8,18H2,1H3. The average molecular weight is 439 g/mol. The molecule has 0 aliphatic heterocycles. The molecule has 0 amide bonds. The molecule has 1 atom stereocenters. The lowest BCUT2D eigenvalue weighted by atomic mass is 10.1. The van der Waals surface area contributed by atoms with Gasteiger partial charge in [0.2, 0.25) is 0 Å². The lowest BCUT2D eigenvalue weighted by molar-refractivity contribution is 0.245. The van der Waals surface area contributed by atoms with Gasteiger partial charge in [0.15, 0.2) is 0 Å². The zero-order valence-electron chi connectivity index (χ0n) is 10.9. The van der Waals surface area contributed by atoms with E-state index in [0.717, 1.165) is 19.8 Å². The van der Waals surface area contributed by atoms with E-state index in [4.69, 9.17) is 17.3 Å². The molecule has 0 saturated carbocycles. The Morgan fingerprint density at radius 1 is 1.35 bits per heavy atom. The smallest absolute Gasteiger partial charge is 0.0843 e. The highest BCUT2D eigenvalue weighted by atomic mass is 79.9. The fraction of sp³-hybridized carbons (Fsp3) is 0.286. The van der Waals surface area contributed by atoms with Crippen molar-refractivity contribution in [1.29, 1.82) is 0 Å². The summed E-state index contributed by atoms with van der Waals surface area (Å²) in [7, 11) is 2.08. The van der Waals surface area contributed by atoms with Gasteiger partial charge in [-0.15, -0.1) is 11.3 Å². The van der Waals surface area contributed by atoms with Gasteiger partial charge < -0.3 is 5.73 Å². The lowest BCUT2D eigenvalue weighted by Gasteiger charge is -2.26. The molecule has 1 aromatic heterocycles. The van der Waals surface area contributed by atoms with Gasteiger partial charge in [0, 0.05) is 27.5 Å². The molecule has 0 saturated heterocycles. The van der Waals surface area contributed by atoms with E-state index < -0.39 is 0 Å². The molecule has 6 heteroatoms. The van der Waals surface area contributed by atoms with Crippen LogP contribution < -0.4 is 5.73 Å². The van der Waals surface area contributed by atoms with Crippen molar-refractivity contribution in [2.75, 3.05) is 13.6 Å². The Kier molecular flexibility index (Phi) is 6.08. The third kappa shape index (κ3) is 4.06. The Morgan fingerprint density at radius 2 is 2.10 bits per heavy atom. The monoisotopic (exact) mass is 436 g/mol. The number of likely N-dealkylation sites (N-methyl/N-ethyl adjacent to an activating group) is 1. The van der Waals surface area contributed by atoms with E-state index in [9.17, 15) is 0 Å². The summed E-state index contributed by atoms with van der Waals surface area (Å²) in [5, 5.41) is 0.766. The SMILES string of the molecule is CN(Cc1cccc(Cl)c1)C(CN)c1cc(Br)c(Br)s1. The van der Waals surface area contributed by atoms with E-state index in [2.05, 4.69) is 55.9 Å². The summed E-state index contributed by atoms with van der Waals surface area (Å²) in [6, 6.07) is 10.3. The van der Waals surface area contributed by atoms with E-state index in [1.54, 1.807) is 11.3 Å². The summed E-state index contributed by atoms with van der Waals surface area (Å²) >= 11 is 14.8. The summed E-state index contributed by atoms with van der Waals surface area (Å²) in [6.07, 6.45) is 0. The summed E-state index contributed by atoms with van der Waals surface area (Å²) in [5.41, 5.74) is 7.15. The number of thiophene rings is 1. The number of hydrogen-bond acceptors (Lipinski definition) is 3. The minimum absolute atomic E-state index is 0.196. The lowest BCUT2D eigenvalue weighted by Crippen LogP contribution is -2.29. The molecule has 0 bridgehead atoms. The van der Waals surface area contributed by atoms with Crippen LogP contribution in [0.3, 0.4) is 0 Å². The van der Waals surface area contributed by atoms with Crippen LogP contribution in [-0.2, 0) is 6.54 Å². The van der Waals surface area contributed by atoms with Crippen molar-refractivity contribution in [1.82, 2.24) is 4.90 Å². The van der Waals surface area contributed by atoms with Crippen molar-refractivity contribution in [3.05, 3.63) is 54.1 Å². The minimum atomic E-state index is 0.196. The fourth-order valence-corrected chi connectivity index (χ4v) is 4.56. The molecule has 1 unspecified atom stereocenters. The van der Waals surface area contributed by atoms with Crippen molar-refractivity contribution >= 4 is 54.8 Å². The van der Waals surface area contributed by atoms with E-state index in [-0.39, 0.29) is 6.04 Å². The molecule has 20 heavy (non-hydrogen) atoms. The first kappa shape index (κ1) is 16.5. The first-order valence-corrected chi connectivity index (χ1v) is 8.88. The van der Waals surface area contributed by atoms with Crippen LogP contribution in [0.5, 0.6) is 0 Å². The molecule has 2 nitrogen and oxygen atoms in total. The maximum Gasteiger partial charge on any atom is 0.0843 e. The van der Waals surface area contributed by atoms with Gasteiger partial charge in [-0.1, -0.05) is 23.7 Å².